The number of allylic oxidation sites excluding steroid dienone is 4. The van der Waals surface area contributed by atoms with Gasteiger partial charge in [-0.2, -0.15) is 0 Å². The highest BCUT2D eigenvalue weighted by Crippen LogP contribution is 2.29. The van der Waals surface area contributed by atoms with Gasteiger partial charge in [-0.3, -0.25) is 0 Å². The molecule has 0 aromatic heterocycles. The Morgan fingerprint density at radius 1 is 1.23 bits per heavy atom. The van der Waals surface area contributed by atoms with Crippen molar-refractivity contribution in [1.82, 2.24) is 4.90 Å². The number of nitrogens with two attached hydrogens (primary N) is 1. The van der Waals surface area contributed by atoms with Crippen molar-refractivity contribution in [3.05, 3.63) is 72.9 Å². The molecule has 0 spiro atoms. The molecule has 2 nitrogen and oxygen atoms in total. The van der Waals surface area contributed by atoms with Gasteiger partial charge in [-0.1, -0.05) is 61.7 Å². The second kappa shape index (κ2) is 8.72. The van der Waals surface area contributed by atoms with Crippen LogP contribution in [0.15, 0.2) is 67.3 Å². The van der Waals surface area contributed by atoms with Gasteiger partial charge in [0.1, 0.15) is 0 Å². The molecule has 2 rings (SSSR count). The summed E-state index contributed by atoms with van der Waals surface area (Å²) in [7, 11) is 0. The Labute approximate surface area is 135 Å². The number of likely N-dealkylation sites (tertiary alicyclic amines) is 1. The number of piperidine rings is 1. The zero-order chi connectivity index (χ0) is 15.8. The average molecular weight is 296 g/mol. The van der Waals surface area contributed by atoms with Crippen molar-refractivity contribution < 1.29 is 0 Å². The number of nitrogens with zero attached hydrogens (tertiary/aromatic N) is 1. The third-order valence-corrected chi connectivity index (χ3v) is 4.52. The molecule has 22 heavy (non-hydrogen) atoms. The van der Waals surface area contributed by atoms with E-state index >= 15 is 0 Å². The van der Waals surface area contributed by atoms with Crippen LogP contribution in [0.25, 0.3) is 0 Å². The molecule has 1 fully saturated rings. The third kappa shape index (κ3) is 4.69. The maximum absolute atomic E-state index is 5.99. The Morgan fingerprint density at radius 3 is 2.50 bits per heavy atom. The normalized spacial score (nSPS) is 18.9. The van der Waals surface area contributed by atoms with E-state index in [0.29, 0.717) is 12.0 Å². The summed E-state index contributed by atoms with van der Waals surface area (Å²) in [6.45, 7) is 11.2. The Bertz CT molecular complexity index is 496. The lowest BCUT2D eigenvalue weighted by Crippen LogP contribution is -2.40. The molecule has 1 aromatic carbocycles. The molecule has 1 aromatic rings. The van der Waals surface area contributed by atoms with Crippen molar-refractivity contribution in [3.63, 3.8) is 0 Å². The highest BCUT2D eigenvalue weighted by atomic mass is 15.1. The minimum Gasteiger partial charge on any atom is -0.328 e. The quantitative estimate of drug-likeness (QED) is 0.774. The zero-order valence-corrected chi connectivity index (χ0v) is 13.5. The van der Waals surface area contributed by atoms with E-state index in [1.54, 1.807) is 0 Å². The van der Waals surface area contributed by atoms with Crippen molar-refractivity contribution in [2.75, 3.05) is 19.6 Å². The zero-order valence-electron chi connectivity index (χ0n) is 13.5. The van der Waals surface area contributed by atoms with Crippen LogP contribution in [-0.2, 0) is 0 Å². The highest BCUT2D eigenvalue weighted by Gasteiger charge is 2.19. The summed E-state index contributed by atoms with van der Waals surface area (Å²) in [4.78, 5) is 2.54. The van der Waals surface area contributed by atoms with Gasteiger partial charge in [0, 0.05) is 12.0 Å². The second-order valence-corrected chi connectivity index (χ2v) is 6.04. The second-order valence-electron chi connectivity index (χ2n) is 6.04. The van der Waals surface area contributed by atoms with Gasteiger partial charge >= 0.3 is 0 Å². The van der Waals surface area contributed by atoms with Crippen LogP contribution in [0.4, 0.5) is 0 Å². The first-order chi connectivity index (χ1) is 10.7. The lowest BCUT2D eigenvalue weighted by atomic mass is 9.87. The maximum atomic E-state index is 5.99. The fraction of sp³-hybridized carbons (Fsp3) is 0.400. The van der Waals surface area contributed by atoms with Gasteiger partial charge in [-0.05, 0) is 50.0 Å². The van der Waals surface area contributed by atoms with Crippen LogP contribution < -0.4 is 5.73 Å². The summed E-state index contributed by atoms with van der Waals surface area (Å²) >= 11 is 0. The van der Waals surface area contributed by atoms with Gasteiger partial charge < -0.3 is 10.6 Å². The molecule has 118 valence electrons. The van der Waals surface area contributed by atoms with Crippen LogP contribution in [-0.4, -0.2) is 30.6 Å². The predicted octanol–water partition coefficient (Wildman–Crippen LogP) is 3.88. The van der Waals surface area contributed by atoms with Gasteiger partial charge in [0.2, 0.25) is 0 Å². The molecule has 1 aliphatic rings. The van der Waals surface area contributed by atoms with E-state index in [4.69, 9.17) is 5.73 Å². The van der Waals surface area contributed by atoms with E-state index in [9.17, 15) is 0 Å². The maximum Gasteiger partial charge on any atom is 0.0101 e. The number of hydrogen-bond donors (Lipinski definition) is 1. The summed E-state index contributed by atoms with van der Waals surface area (Å²) in [6, 6.07) is 11.1. The molecule has 1 atom stereocenters. The van der Waals surface area contributed by atoms with Gasteiger partial charge in [0.05, 0.1) is 0 Å². The lowest BCUT2D eigenvalue weighted by Gasteiger charge is -2.31. The van der Waals surface area contributed by atoms with Crippen molar-refractivity contribution in [2.45, 2.75) is 31.2 Å². The number of rotatable bonds is 7. The first kappa shape index (κ1) is 16.7. The minimum atomic E-state index is 0.382. The Morgan fingerprint density at radius 2 is 1.91 bits per heavy atom. The van der Waals surface area contributed by atoms with Crippen LogP contribution in [0.1, 0.15) is 30.7 Å². The molecular weight excluding hydrogens is 268 g/mol. The molecule has 0 radical (unpaired) electrons. The van der Waals surface area contributed by atoms with Crippen molar-refractivity contribution in [2.24, 2.45) is 5.73 Å². The average Bonchev–Trinajstić information content (AvgIpc) is 2.56. The molecule has 1 aliphatic heterocycles. The van der Waals surface area contributed by atoms with E-state index in [0.717, 1.165) is 38.9 Å². The lowest BCUT2D eigenvalue weighted by molar-refractivity contribution is 0.208. The Balaban J connectivity index is 2.06. The molecule has 1 saturated heterocycles. The molecule has 0 saturated carbocycles. The Hall–Kier alpha value is -1.64. The van der Waals surface area contributed by atoms with Crippen molar-refractivity contribution in [1.29, 1.82) is 0 Å². The molecule has 0 amide bonds. The molecule has 0 aliphatic carbocycles. The topological polar surface area (TPSA) is 29.3 Å². The summed E-state index contributed by atoms with van der Waals surface area (Å²) in [5.41, 5.74) is 8.59. The summed E-state index contributed by atoms with van der Waals surface area (Å²) in [5.74, 6) is 0.382. The molecule has 1 heterocycles. The van der Waals surface area contributed by atoms with Crippen LogP contribution in [0.2, 0.25) is 0 Å². The van der Waals surface area contributed by atoms with Crippen LogP contribution in [0, 0.1) is 0 Å². The molecule has 2 N–H and O–H groups in total. The molecule has 0 bridgehead atoms. The van der Waals surface area contributed by atoms with E-state index in [-0.39, 0.29) is 0 Å². The fourth-order valence-electron chi connectivity index (χ4n) is 3.16. The summed E-state index contributed by atoms with van der Waals surface area (Å²) in [6.07, 6.45) is 9.24. The van der Waals surface area contributed by atoms with Crippen LogP contribution >= 0.6 is 0 Å². The fourth-order valence-corrected chi connectivity index (χ4v) is 3.16. The number of hydrogen-bond acceptors (Lipinski definition) is 2. The van der Waals surface area contributed by atoms with Gasteiger partial charge in [-0.15, -0.1) is 0 Å². The van der Waals surface area contributed by atoms with E-state index in [2.05, 4.69) is 54.5 Å². The highest BCUT2D eigenvalue weighted by molar-refractivity contribution is 5.36. The van der Waals surface area contributed by atoms with Gasteiger partial charge in [0.25, 0.3) is 0 Å². The summed E-state index contributed by atoms with van der Waals surface area (Å²) in [5, 5.41) is 0. The first-order valence-electron chi connectivity index (χ1n) is 8.22. The predicted molar refractivity (Wildman–Crippen MR) is 95.9 cm³/mol. The first-order valence-corrected chi connectivity index (χ1v) is 8.22. The Kier molecular flexibility index (Phi) is 6.63. The summed E-state index contributed by atoms with van der Waals surface area (Å²) < 4.78 is 0. The molecule has 2 heteroatoms. The van der Waals surface area contributed by atoms with Crippen molar-refractivity contribution in [3.8, 4) is 0 Å². The SMILES string of the molecule is C=C/C=C(\C=C)C(CCN1CCC(N)CC1)c1ccccc1. The van der Waals surface area contributed by atoms with Crippen molar-refractivity contribution >= 4 is 0 Å². The van der Waals surface area contributed by atoms with E-state index in [1.807, 2.05) is 12.2 Å². The van der Waals surface area contributed by atoms with E-state index in [1.165, 1.54) is 11.1 Å². The smallest absolute Gasteiger partial charge is 0.0101 e. The number of benzene rings is 1. The standard InChI is InChI=1S/C20H28N2/c1-3-8-17(4-2)20(18-9-6-5-7-10-18)13-16-22-14-11-19(21)12-15-22/h3-10,19-20H,1-2,11-16,21H2/b17-8+. The van der Waals surface area contributed by atoms with E-state index < -0.39 is 0 Å². The van der Waals surface area contributed by atoms with Gasteiger partial charge in [-0.25, -0.2) is 0 Å². The van der Waals surface area contributed by atoms with Gasteiger partial charge in [0.15, 0.2) is 0 Å². The third-order valence-electron chi connectivity index (χ3n) is 4.52. The van der Waals surface area contributed by atoms with Crippen LogP contribution in [0.5, 0.6) is 0 Å². The molecular formula is C20H28N2. The molecule has 1 unspecified atom stereocenters. The largest absolute Gasteiger partial charge is 0.328 e. The van der Waals surface area contributed by atoms with Crippen LogP contribution in [0.3, 0.4) is 0 Å². The minimum absolute atomic E-state index is 0.382. The monoisotopic (exact) mass is 296 g/mol.